The zero-order chi connectivity index (χ0) is 13.5. The Kier molecular flexibility index (Phi) is 4.85. The highest BCUT2D eigenvalue weighted by Crippen LogP contribution is 2.17. The van der Waals surface area contributed by atoms with Gasteiger partial charge in [0.25, 0.3) is 0 Å². The van der Waals surface area contributed by atoms with Crippen molar-refractivity contribution in [3.8, 4) is 5.75 Å². The molecule has 0 bridgehead atoms. The first-order valence-electron chi connectivity index (χ1n) is 6.76. The highest BCUT2D eigenvalue weighted by molar-refractivity contribution is 5.47. The summed E-state index contributed by atoms with van der Waals surface area (Å²) >= 11 is 0. The molecule has 0 heterocycles. The standard InChI is InChI=1S/C17H21NO/c1-3-15(13-14-7-5-4-6-8-14)18-16-9-11-17(19-2)12-10-16/h4-12,15,18H,3,13H2,1-2H3. The van der Waals surface area contributed by atoms with Gasteiger partial charge in [-0.25, -0.2) is 0 Å². The van der Waals surface area contributed by atoms with Gasteiger partial charge in [-0.05, 0) is 42.7 Å². The summed E-state index contributed by atoms with van der Waals surface area (Å²) in [5, 5.41) is 3.57. The minimum atomic E-state index is 0.454. The number of hydrogen-bond acceptors (Lipinski definition) is 2. The molecule has 0 fully saturated rings. The van der Waals surface area contributed by atoms with Gasteiger partial charge in [-0.1, -0.05) is 37.3 Å². The number of rotatable bonds is 6. The van der Waals surface area contributed by atoms with Crippen LogP contribution >= 0.6 is 0 Å². The van der Waals surface area contributed by atoms with Crippen molar-refractivity contribution in [3.63, 3.8) is 0 Å². The van der Waals surface area contributed by atoms with Crippen LogP contribution < -0.4 is 10.1 Å². The van der Waals surface area contributed by atoms with Crippen molar-refractivity contribution in [2.24, 2.45) is 0 Å². The zero-order valence-electron chi connectivity index (χ0n) is 11.6. The third-order valence-electron chi connectivity index (χ3n) is 3.28. The van der Waals surface area contributed by atoms with Gasteiger partial charge in [-0.2, -0.15) is 0 Å². The van der Waals surface area contributed by atoms with Crippen LogP contribution in [0.5, 0.6) is 5.75 Å². The first-order valence-corrected chi connectivity index (χ1v) is 6.76. The van der Waals surface area contributed by atoms with Gasteiger partial charge in [-0.15, -0.1) is 0 Å². The van der Waals surface area contributed by atoms with Crippen LogP contribution in [0.3, 0.4) is 0 Å². The largest absolute Gasteiger partial charge is 0.497 e. The van der Waals surface area contributed by atoms with E-state index >= 15 is 0 Å². The van der Waals surface area contributed by atoms with Crippen molar-refractivity contribution in [2.45, 2.75) is 25.8 Å². The monoisotopic (exact) mass is 255 g/mol. The Labute approximate surface area is 115 Å². The van der Waals surface area contributed by atoms with Crippen molar-refractivity contribution in [1.82, 2.24) is 0 Å². The minimum absolute atomic E-state index is 0.454. The Morgan fingerprint density at radius 2 is 1.68 bits per heavy atom. The van der Waals surface area contributed by atoms with Crippen LogP contribution in [0.4, 0.5) is 5.69 Å². The smallest absolute Gasteiger partial charge is 0.119 e. The third-order valence-corrected chi connectivity index (χ3v) is 3.28. The summed E-state index contributed by atoms with van der Waals surface area (Å²) in [6, 6.07) is 19.1. The Hall–Kier alpha value is -1.96. The Morgan fingerprint density at radius 3 is 2.26 bits per heavy atom. The molecule has 19 heavy (non-hydrogen) atoms. The third kappa shape index (κ3) is 4.02. The van der Waals surface area contributed by atoms with Crippen LogP contribution in [-0.2, 0) is 6.42 Å². The molecule has 0 saturated carbocycles. The van der Waals surface area contributed by atoms with E-state index in [-0.39, 0.29) is 0 Å². The number of ether oxygens (including phenoxy) is 1. The minimum Gasteiger partial charge on any atom is -0.497 e. The fraction of sp³-hybridized carbons (Fsp3) is 0.294. The molecule has 0 aliphatic carbocycles. The van der Waals surface area contributed by atoms with Gasteiger partial charge in [0.2, 0.25) is 0 Å². The van der Waals surface area contributed by atoms with E-state index in [4.69, 9.17) is 4.74 Å². The second-order valence-electron chi connectivity index (χ2n) is 4.67. The second kappa shape index (κ2) is 6.83. The molecule has 0 aliphatic rings. The molecular weight excluding hydrogens is 234 g/mol. The molecular formula is C17H21NO. The maximum atomic E-state index is 5.17. The van der Waals surface area contributed by atoms with E-state index in [1.165, 1.54) is 5.56 Å². The van der Waals surface area contributed by atoms with Crippen molar-refractivity contribution in [3.05, 3.63) is 60.2 Å². The van der Waals surface area contributed by atoms with Crippen LogP contribution in [-0.4, -0.2) is 13.2 Å². The molecule has 0 spiro atoms. The molecule has 100 valence electrons. The predicted molar refractivity (Wildman–Crippen MR) is 80.8 cm³/mol. The SMILES string of the molecule is CCC(Cc1ccccc1)Nc1ccc(OC)cc1. The van der Waals surface area contributed by atoms with Crippen molar-refractivity contribution in [1.29, 1.82) is 0 Å². The maximum Gasteiger partial charge on any atom is 0.119 e. The summed E-state index contributed by atoms with van der Waals surface area (Å²) in [6.07, 6.45) is 2.14. The van der Waals surface area contributed by atoms with Gasteiger partial charge in [0.1, 0.15) is 5.75 Å². The van der Waals surface area contributed by atoms with Gasteiger partial charge in [0, 0.05) is 11.7 Å². The lowest BCUT2D eigenvalue weighted by Crippen LogP contribution is -2.21. The quantitative estimate of drug-likeness (QED) is 0.838. The Bertz CT molecular complexity index is 478. The Balaban J connectivity index is 1.98. The van der Waals surface area contributed by atoms with Crippen molar-refractivity contribution < 1.29 is 4.74 Å². The highest BCUT2D eigenvalue weighted by atomic mass is 16.5. The molecule has 2 aromatic rings. The average molecular weight is 255 g/mol. The summed E-state index contributed by atoms with van der Waals surface area (Å²) in [5.41, 5.74) is 2.51. The second-order valence-corrected chi connectivity index (χ2v) is 4.67. The van der Waals surface area contributed by atoms with Crippen molar-refractivity contribution >= 4 is 5.69 Å². The predicted octanol–water partition coefficient (Wildman–Crippen LogP) is 4.13. The van der Waals surface area contributed by atoms with Crippen LogP contribution in [0.15, 0.2) is 54.6 Å². The zero-order valence-corrected chi connectivity index (χ0v) is 11.6. The normalized spacial score (nSPS) is 11.9. The van der Waals surface area contributed by atoms with E-state index in [9.17, 15) is 0 Å². The molecule has 0 radical (unpaired) electrons. The molecule has 1 N–H and O–H groups in total. The number of hydrogen-bond donors (Lipinski definition) is 1. The van der Waals surface area contributed by atoms with Gasteiger partial charge < -0.3 is 10.1 Å². The molecule has 0 aromatic heterocycles. The molecule has 0 aliphatic heterocycles. The number of anilines is 1. The number of nitrogens with one attached hydrogen (secondary N) is 1. The fourth-order valence-corrected chi connectivity index (χ4v) is 2.12. The van der Waals surface area contributed by atoms with E-state index in [0.717, 1.165) is 24.3 Å². The lowest BCUT2D eigenvalue weighted by Gasteiger charge is -2.18. The maximum absolute atomic E-state index is 5.17. The van der Waals surface area contributed by atoms with E-state index in [1.54, 1.807) is 7.11 Å². The first kappa shape index (κ1) is 13.5. The first-order chi connectivity index (χ1) is 9.31. The molecule has 2 heteroatoms. The van der Waals surface area contributed by atoms with E-state index in [0.29, 0.717) is 6.04 Å². The van der Waals surface area contributed by atoms with Gasteiger partial charge >= 0.3 is 0 Å². The lowest BCUT2D eigenvalue weighted by atomic mass is 10.0. The van der Waals surface area contributed by atoms with E-state index in [2.05, 4.69) is 54.7 Å². The summed E-state index contributed by atoms with van der Waals surface area (Å²) < 4.78 is 5.17. The van der Waals surface area contributed by atoms with Crippen LogP contribution in [0, 0.1) is 0 Å². The topological polar surface area (TPSA) is 21.3 Å². The summed E-state index contributed by atoms with van der Waals surface area (Å²) in [7, 11) is 1.69. The number of benzene rings is 2. The average Bonchev–Trinajstić information content (AvgIpc) is 2.48. The van der Waals surface area contributed by atoms with Gasteiger partial charge in [-0.3, -0.25) is 0 Å². The van der Waals surface area contributed by atoms with Gasteiger partial charge in [0.05, 0.1) is 7.11 Å². The molecule has 1 unspecified atom stereocenters. The summed E-state index contributed by atoms with van der Waals surface area (Å²) in [4.78, 5) is 0. The molecule has 0 amide bonds. The van der Waals surface area contributed by atoms with E-state index in [1.807, 2.05) is 12.1 Å². The molecule has 2 rings (SSSR count). The molecule has 0 saturated heterocycles. The number of methoxy groups -OCH3 is 1. The summed E-state index contributed by atoms with van der Waals surface area (Å²) in [6.45, 7) is 2.21. The van der Waals surface area contributed by atoms with Gasteiger partial charge in [0.15, 0.2) is 0 Å². The lowest BCUT2D eigenvalue weighted by molar-refractivity contribution is 0.415. The van der Waals surface area contributed by atoms with Crippen molar-refractivity contribution in [2.75, 3.05) is 12.4 Å². The molecule has 2 nitrogen and oxygen atoms in total. The van der Waals surface area contributed by atoms with Crippen LogP contribution in [0.25, 0.3) is 0 Å². The summed E-state index contributed by atoms with van der Waals surface area (Å²) in [5.74, 6) is 0.890. The van der Waals surface area contributed by atoms with Crippen LogP contribution in [0.2, 0.25) is 0 Å². The fourth-order valence-electron chi connectivity index (χ4n) is 2.12. The highest BCUT2D eigenvalue weighted by Gasteiger charge is 2.07. The molecule has 2 aromatic carbocycles. The van der Waals surface area contributed by atoms with E-state index < -0.39 is 0 Å². The Morgan fingerprint density at radius 1 is 1.00 bits per heavy atom. The van der Waals surface area contributed by atoms with Crippen LogP contribution in [0.1, 0.15) is 18.9 Å². The molecule has 1 atom stereocenters.